The number of nitro groups is 1. The number of nitrogens with zero attached hydrogens (tertiary/aromatic N) is 1. The Morgan fingerprint density at radius 3 is 2.53 bits per heavy atom. The monoisotopic (exact) mass is 332 g/mol. The first-order valence-electron chi connectivity index (χ1n) is 4.18. The first-order chi connectivity index (χ1) is 7.70. The van der Waals surface area contributed by atoms with E-state index in [0.29, 0.717) is 0 Å². The number of ether oxygens (including phenoxy) is 1. The van der Waals surface area contributed by atoms with E-state index in [9.17, 15) is 23.1 Å². The maximum absolute atomic E-state index is 12.0. The third-order valence-electron chi connectivity index (χ3n) is 1.60. The van der Waals surface area contributed by atoms with Gasteiger partial charge in [0.25, 0.3) is 0 Å². The predicted molar refractivity (Wildman–Crippen MR) is 60.4 cm³/mol. The van der Waals surface area contributed by atoms with E-state index in [-0.39, 0.29) is 9.50 Å². The fourth-order valence-electron chi connectivity index (χ4n) is 1.00. The van der Waals surface area contributed by atoms with Crippen LogP contribution < -0.4 is 4.74 Å². The number of benzene rings is 1. The summed E-state index contributed by atoms with van der Waals surface area (Å²) in [7, 11) is 0. The second-order valence-corrected chi connectivity index (χ2v) is 4.31. The molecule has 0 heterocycles. The van der Waals surface area contributed by atoms with Gasteiger partial charge in [0.05, 0.1) is 15.9 Å². The van der Waals surface area contributed by atoms with Crippen LogP contribution in [0.4, 0.5) is 18.6 Å². The molecule has 0 spiro atoms. The molecule has 1 aromatic carbocycles. The summed E-state index contributed by atoms with van der Waals surface area (Å²) in [6, 6.07) is 2.14. The van der Waals surface area contributed by atoms with Gasteiger partial charge < -0.3 is 17.7 Å². The Balaban J connectivity index is 3.09. The Labute approximate surface area is 107 Å². The van der Waals surface area contributed by atoms with Crippen LogP contribution in [0.1, 0.15) is 0 Å². The molecule has 0 fully saturated rings. The van der Waals surface area contributed by atoms with Gasteiger partial charge >= 0.3 is 12.7 Å². The summed E-state index contributed by atoms with van der Waals surface area (Å²) in [5.74, 6) is -0.487. The van der Waals surface area contributed by atoms with Crippen molar-refractivity contribution in [3.05, 3.63) is 31.7 Å². The summed E-state index contributed by atoms with van der Waals surface area (Å²) < 4.78 is 40.4. The van der Waals surface area contributed by atoms with E-state index in [1.807, 2.05) is 0 Å². The van der Waals surface area contributed by atoms with Crippen LogP contribution in [0, 0.1) is 10.1 Å². The molecular formula is C7H4BBrClF3NO3-. The minimum absolute atomic E-state index is 0.00301. The largest absolute Gasteiger partial charge is 0.516 e. The molecule has 10 heteroatoms. The van der Waals surface area contributed by atoms with E-state index in [2.05, 4.69) is 20.7 Å². The number of hydrogen-bond donors (Lipinski definition) is 0. The molecule has 1 rings (SSSR count). The molecule has 1 aromatic rings. The van der Waals surface area contributed by atoms with Crippen molar-refractivity contribution in [1.82, 2.24) is 0 Å². The maximum Gasteiger partial charge on any atom is 0.515 e. The highest BCUT2D eigenvalue weighted by Gasteiger charge is 2.27. The van der Waals surface area contributed by atoms with Crippen molar-refractivity contribution in [3.63, 3.8) is 0 Å². The zero-order chi connectivity index (χ0) is 13.2. The molecule has 0 atom stereocenters. The number of hydrogen-bond acceptors (Lipinski definition) is 3. The number of nitro benzene ring substituents is 1. The van der Waals surface area contributed by atoms with Gasteiger partial charge in [-0.15, -0.1) is 0 Å². The minimum Gasteiger partial charge on any atom is -0.516 e. The molecule has 0 radical (unpaired) electrons. The molecule has 0 aliphatic rings. The van der Waals surface area contributed by atoms with Crippen molar-refractivity contribution in [2.24, 2.45) is 0 Å². The highest BCUT2D eigenvalue weighted by Crippen LogP contribution is 2.38. The molecule has 94 valence electrons. The zero-order valence-electron chi connectivity index (χ0n) is 8.00. The van der Waals surface area contributed by atoms with E-state index in [4.69, 9.17) is 11.6 Å². The summed E-state index contributed by atoms with van der Waals surface area (Å²) in [4.78, 5) is 9.75. The highest BCUT2D eigenvalue weighted by atomic mass is 79.9. The molecule has 0 saturated carbocycles. The van der Waals surface area contributed by atoms with Crippen LogP contribution in [-0.4, -0.2) is 18.4 Å². The minimum atomic E-state index is -5.19. The molecule has 0 saturated heterocycles. The van der Waals surface area contributed by atoms with Crippen LogP contribution in [-0.2, 0) is 0 Å². The summed E-state index contributed by atoms with van der Waals surface area (Å²) in [5, 5.41) is 10.6. The topological polar surface area (TPSA) is 52.4 Å². The van der Waals surface area contributed by atoms with Crippen LogP contribution >= 0.6 is 27.5 Å². The normalized spacial score (nSPS) is 11.4. The third-order valence-corrected chi connectivity index (χ3v) is 2.41. The first kappa shape index (κ1) is 14.1. The van der Waals surface area contributed by atoms with E-state index >= 15 is 0 Å². The molecule has 4 nitrogen and oxygen atoms in total. The molecular weight excluding hydrogens is 329 g/mol. The van der Waals surface area contributed by atoms with Crippen molar-refractivity contribution >= 4 is 40.2 Å². The van der Waals surface area contributed by atoms with Crippen molar-refractivity contribution in [1.29, 1.82) is 0 Å². The molecule has 0 aliphatic carbocycles. The second kappa shape index (κ2) is 5.13. The van der Waals surface area contributed by atoms with E-state index in [1.165, 1.54) is 6.07 Å². The van der Waals surface area contributed by atoms with Gasteiger partial charge in [-0.1, -0.05) is 11.6 Å². The predicted octanol–water partition coefficient (Wildman–Crippen LogP) is 3.78. The smallest absolute Gasteiger partial charge is 0.515 e. The molecule has 0 amide bonds. The molecule has 0 bridgehead atoms. The second-order valence-electron chi connectivity index (χ2n) is 3.01. The lowest BCUT2D eigenvalue weighted by molar-refractivity contribution is -0.385. The van der Waals surface area contributed by atoms with Crippen LogP contribution in [0.3, 0.4) is 0 Å². The number of rotatable bonds is 4. The molecule has 17 heavy (non-hydrogen) atoms. The Bertz CT molecular complexity index is 457. The van der Waals surface area contributed by atoms with Gasteiger partial charge in [-0.3, -0.25) is 10.1 Å². The summed E-state index contributed by atoms with van der Waals surface area (Å²) >= 11 is 8.41. The van der Waals surface area contributed by atoms with Crippen LogP contribution in [0.5, 0.6) is 5.75 Å². The zero-order valence-corrected chi connectivity index (χ0v) is 10.3. The van der Waals surface area contributed by atoms with Crippen LogP contribution in [0.15, 0.2) is 16.6 Å². The lowest BCUT2D eigenvalue weighted by atomic mass is 9.95. The van der Waals surface area contributed by atoms with Gasteiger partial charge in [0.15, 0.2) is 0 Å². The lowest BCUT2D eigenvalue weighted by Gasteiger charge is -2.16. The van der Waals surface area contributed by atoms with Crippen LogP contribution in [0.2, 0.25) is 5.02 Å². The summed E-state index contributed by atoms with van der Waals surface area (Å²) in [6.07, 6.45) is 0. The van der Waals surface area contributed by atoms with Gasteiger partial charge in [0.1, 0.15) is 0 Å². The molecule has 0 aromatic heterocycles. The standard InChI is InChI=1S/C7H4BBrClF3NO3/c9-5-1-4(10)2-6(14(15)16)7(5)17-3-8(11,12)13/h1-2H,3H2/q-1. The average Bonchev–Trinajstić information content (AvgIpc) is 2.13. The van der Waals surface area contributed by atoms with E-state index < -0.39 is 29.8 Å². The maximum atomic E-state index is 12.0. The fourth-order valence-corrected chi connectivity index (χ4v) is 1.91. The molecule has 0 aliphatic heterocycles. The quantitative estimate of drug-likeness (QED) is 0.479. The van der Waals surface area contributed by atoms with Crippen LogP contribution in [0.25, 0.3) is 0 Å². The Hall–Kier alpha value is -0.955. The van der Waals surface area contributed by atoms with Crippen molar-refractivity contribution < 1.29 is 22.6 Å². The highest BCUT2D eigenvalue weighted by molar-refractivity contribution is 9.10. The number of halogens is 5. The van der Waals surface area contributed by atoms with Gasteiger partial charge in [-0.25, -0.2) is 0 Å². The molecule has 0 unspecified atom stereocenters. The summed E-state index contributed by atoms with van der Waals surface area (Å²) in [5.41, 5.74) is -0.621. The van der Waals surface area contributed by atoms with E-state index in [1.54, 1.807) is 0 Å². The molecule has 0 N–H and O–H groups in total. The van der Waals surface area contributed by atoms with Gasteiger partial charge in [-0.05, 0) is 22.0 Å². The summed E-state index contributed by atoms with van der Waals surface area (Å²) in [6.45, 7) is -6.74. The Morgan fingerprint density at radius 1 is 1.47 bits per heavy atom. The van der Waals surface area contributed by atoms with Gasteiger partial charge in [0.2, 0.25) is 5.75 Å². The van der Waals surface area contributed by atoms with Gasteiger partial charge in [-0.2, -0.15) is 0 Å². The van der Waals surface area contributed by atoms with Crippen molar-refractivity contribution in [2.45, 2.75) is 0 Å². The van der Waals surface area contributed by atoms with E-state index in [0.717, 1.165) is 6.07 Å². The fraction of sp³-hybridized carbons (Fsp3) is 0.143. The lowest BCUT2D eigenvalue weighted by Crippen LogP contribution is -2.26. The average molecular weight is 333 g/mol. The first-order valence-corrected chi connectivity index (χ1v) is 5.35. The van der Waals surface area contributed by atoms with Crippen molar-refractivity contribution in [2.75, 3.05) is 6.51 Å². The Morgan fingerprint density at radius 2 is 2.06 bits per heavy atom. The van der Waals surface area contributed by atoms with Crippen molar-refractivity contribution in [3.8, 4) is 5.75 Å². The third kappa shape index (κ3) is 4.08. The SMILES string of the molecule is O=[N+]([O-])c1cc(Cl)cc(Br)c1OC[B-](F)(F)F. The Kier molecular flexibility index (Phi) is 4.26. The van der Waals surface area contributed by atoms with Gasteiger partial charge in [0, 0.05) is 11.1 Å².